The van der Waals surface area contributed by atoms with Crippen molar-refractivity contribution < 1.29 is 14.2 Å². The monoisotopic (exact) mass is 293 g/mol. The van der Waals surface area contributed by atoms with E-state index in [9.17, 15) is 9.59 Å². The van der Waals surface area contributed by atoms with E-state index < -0.39 is 6.92 Å². The van der Waals surface area contributed by atoms with Crippen LogP contribution in [0.5, 0.6) is 0 Å². The molecule has 6 heteroatoms. The van der Waals surface area contributed by atoms with Crippen LogP contribution in [0.2, 0.25) is 11.3 Å². The van der Waals surface area contributed by atoms with Gasteiger partial charge in [0.1, 0.15) is 5.78 Å². The molecule has 0 radical (unpaired) electrons. The molecular weight excluding hydrogens is 276 g/mol. The molecule has 4 nitrogen and oxygen atoms in total. The molecule has 0 N–H and O–H groups in total. The summed E-state index contributed by atoms with van der Waals surface area (Å²) in [6.07, 6.45) is 2.51. The van der Waals surface area contributed by atoms with Crippen molar-refractivity contribution in [3.8, 4) is 0 Å². The van der Waals surface area contributed by atoms with E-state index in [1.54, 1.807) is 24.3 Å². The number of likely N-dealkylation sites (tertiary alicyclic amines) is 1. The first-order valence-electron chi connectivity index (χ1n) is 6.77. The minimum Gasteiger partial charge on any atom is -0.533 e. The van der Waals surface area contributed by atoms with E-state index in [0.29, 0.717) is 18.0 Å². The molecular formula is C14H17BClNO3. The SMILES string of the molecule is O=COB(CC(=O)CN1CCCC1)c1ccc(Cl)cc1. The molecule has 1 aliphatic rings. The molecule has 1 fully saturated rings. The van der Waals surface area contributed by atoms with Gasteiger partial charge in [-0.05, 0) is 43.5 Å². The molecule has 0 saturated carbocycles. The van der Waals surface area contributed by atoms with Crippen molar-refractivity contribution in [2.75, 3.05) is 19.6 Å². The van der Waals surface area contributed by atoms with Gasteiger partial charge in [0.15, 0.2) is 0 Å². The molecule has 0 unspecified atom stereocenters. The van der Waals surface area contributed by atoms with E-state index in [1.807, 2.05) is 0 Å². The third-order valence-corrected chi connectivity index (χ3v) is 3.73. The van der Waals surface area contributed by atoms with Gasteiger partial charge in [-0.25, -0.2) is 0 Å². The Hall–Kier alpha value is -1.33. The van der Waals surface area contributed by atoms with Crippen LogP contribution < -0.4 is 5.46 Å². The minimum atomic E-state index is -0.528. The molecule has 1 saturated heterocycles. The fraction of sp³-hybridized carbons (Fsp3) is 0.429. The highest BCUT2D eigenvalue weighted by Crippen LogP contribution is 2.09. The molecule has 0 aromatic heterocycles. The molecule has 0 atom stereocenters. The van der Waals surface area contributed by atoms with Crippen LogP contribution in [0.4, 0.5) is 0 Å². The largest absolute Gasteiger partial charge is 0.533 e. The summed E-state index contributed by atoms with van der Waals surface area (Å²) in [6, 6.07) is 7.01. The highest BCUT2D eigenvalue weighted by molar-refractivity contribution is 6.71. The highest BCUT2D eigenvalue weighted by atomic mass is 35.5. The number of Topliss-reactive ketones (excluding diaryl/α,β-unsaturated/α-hetero) is 1. The lowest BCUT2D eigenvalue weighted by atomic mass is 9.57. The molecule has 20 heavy (non-hydrogen) atoms. The maximum Gasteiger partial charge on any atom is 0.402 e. The Balaban J connectivity index is 1.95. The zero-order valence-electron chi connectivity index (χ0n) is 11.3. The van der Waals surface area contributed by atoms with Crippen molar-refractivity contribution in [3.05, 3.63) is 29.3 Å². The number of ketones is 1. The standard InChI is InChI=1S/C14H17BClNO3/c16-13-5-3-12(4-6-13)15(20-11-18)9-14(19)10-17-7-1-2-8-17/h3-6,11H,1-2,7-10H2. The van der Waals surface area contributed by atoms with E-state index >= 15 is 0 Å². The van der Waals surface area contributed by atoms with Crippen LogP contribution in [0.15, 0.2) is 24.3 Å². The average Bonchev–Trinajstić information content (AvgIpc) is 2.92. The van der Waals surface area contributed by atoms with Gasteiger partial charge >= 0.3 is 6.92 Å². The summed E-state index contributed by atoms with van der Waals surface area (Å²) in [7, 11) is 0. The van der Waals surface area contributed by atoms with E-state index in [-0.39, 0.29) is 12.1 Å². The third-order valence-electron chi connectivity index (χ3n) is 3.47. The van der Waals surface area contributed by atoms with Crippen molar-refractivity contribution in [1.29, 1.82) is 0 Å². The van der Waals surface area contributed by atoms with Gasteiger partial charge in [0, 0.05) is 11.3 Å². The summed E-state index contributed by atoms with van der Waals surface area (Å²) in [6.45, 7) is 2.26. The molecule has 106 valence electrons. The number of rotatable bonds is 7. The Morgan fingerprint density at radius 2 is 1.95 bits per heavy atom. The van der Waals surface area contributed by atoms with Crippen molar-refractivity contribution in [1.82, 2.24) is 4.90 Å². The lowest BCUT2D eigenvalue weighted by molar-refractivity contribution is -0.121. The maximum absolute atomic E-state index is 12.1. The number of benzene rings is 1. The molecule has 0 spiro atoms. The van der Waals surface area contributed by atoms with Gasteiger partial charge in [0.25, 0.3) is 6.47 Å². The average molecular weight is 294 g/mol. The predicted octanol–water partition coefficient (Wildman–Crippen LogP) is 1.38. The molecule has 2 rings (SSSR count). The maximum atomic E-state index is 12.1. The number of hydrogen-bond donors (Lipinski definition) is 0. The zero-order valence-corrected chi connectivity index (χ0v) is 12.0. The molecule has 0 amide bonds. The summed E-state index contributed by atoms with van der Waals surface area (Å²) in [5, 5.41) is 0.613. The van der Waals surface area contributed by atoms with Crippen molar-refractivity contribution in [2.24, 2.45) is 0 Å². The van der Waals surface area contributed by atoms with Crippen molar-refractivity contribution in [2.45, 2.75) is 19.2 Å². The molecule has 1 aromatic carbocycles. The molecule has 0 aliphatic carbocycles. The van der Waals surface area contributed by atoms with Crippen LogP contribution in [0.3, 0.4) is 0 Å². The fourth-order valence-electron chi connectivity index (χ4n) is 2.45. The Morgan fingerprint density at radius 1 is 1.30 bits per heavy atom. The molecule has 1 aromatic rings. The number of carbonyl (C=O) groups is 2. The predicted molar refractivity (Wildman–Crippen MR) is 79.5 cm³/mol. The molecule has 0 bridgehead atoms. The fourth-order valence-corrected chi connectivity index (χ4v) is 2.58. The number of carbonyl (C=O) groups excluding carboxylic acids is 2. The van der Waals surface area contributed by atoms with E-state index in [1.165, 1.54) is 0 Å². The van der Waals surface area contributed by atoms with Gasteiger partial charge in [0.2, 0.25) is 0 Å². The Morgan fingerprint density at radius 3 is 2.55 bits per heavy atom. The van der Waals surface area contributed by atoms with Crippen molar-refractivity contribution in [3.63, 3.8) is 0 Å². The second kappa shape index (κ2) is 7.46. The topological polar surface area (TPSA) is 46.6 Å². The first-order valence-corrected chi connectivity index (χ1v) is 7.15. The van der Waals surface area contributed by atoms with E-state index in [4.69, 9.17) is 16.3 Å². The van der Waals surface area contributed by atoms with E-state index in [2.05, 4.69) is 4.90 Å². The lowest BCUT2D eigenvalue weighted by Crippen LogP contribution is -2.38. The van der Waals surface area contributed by atoms with Crippen LogP contribution >= 0.6 is 11.6 Å². The summed E-state index contributed by atoms with van der Waals surface area (Å²) in [5.41, 5.74) is 0.788. The van der Waals surface area contributed by atoms with Crippen LogP contribution in [0.25, 0.3) is 0 Å². The van der Waals surface area contributed by atoms with Crippen molar-refractivity contribution >= 4 is 36.2 Å². The summed E-state index contributed by atoms with van der Waals surface area (Å²) >= 11 is 5.83. The summed E-state index contributed by atoms with van der Waals surface area (Å²) < 4.78 is 5.04. The van der Waals surface area contributed by atoms with Gasteiger partial charge in [-0.1, -0.05) is 23.7 Å². The Kier molecular flexibility index (Phi) is 5.62. The van der Waals surface area contributed by atoms with Crippen LogP contribution in [0.1, 0.15) is 12.8 Å². The second-order valence-electron chi connectivity index (χ2n) is 5.00. The van der Waals surface area contributed by atoms with Gasteiger partial charge in [-0.3, -0.25) is 14.5 Å². The number of hydrogen-bond acceptors (Lipinski definition) is 4. The second-order valence-corrected chi connectivity index (χ2v) is 5.43. The molecule has 1 heterocycles. The Bertz CT molecular complexity index is 460. The first-order chi connectivity index (χ1) is 9.69. The summed E-state index contributed by atoms with van der Waals surface area (Å²) in [5.74, 6) is 0.0914. The Labute approximate surface area is 124 Å². The normalized spacial score (nSPS) is 15.1. The van der Waals surface area contributed by atoms with Gasteiger partial charge in [-0.15, -0.1) is 0 Å². The zero-order chi connectivity index (χ0) is 14.4. The quantitative estimate of drug-likeness (QED) is 0.563. The first kappa shape index (κ1) is 15.1. The van der Waals surface area contributed by atoms with Crippen LogP contribution in [0, 0.1) is 0 Å². The van der Waals surface area contributed by atoms with E-state index in [0.717, 1.165) is 31.4 Å². The third kappa shape index (κ3) is 4.35. The van der Waals surface area contributed by atoms with Crippen LogP contribution in [-0.2, 0) is 14.2 Å². The highest BCUT2D eigenvalue weighted by Gasteiger charge is 2.25. The van der Waals surface area contributed by atoms with Gasteiger partial charge in [-0.2, -0.15) is 0 Å². The number of halogens is 1. The van der Waals surface area contributed by atoms with Gasteiger partial charge < -0.3 is 4.65 Å². The lowest BCUT2D eigenvalue weighted by Gasteiger charge is -2.15. The minimum absolute atomic E-state index is 0.0914. The smallest absolute Gasteiger partial charge is 0.402 e. The van der Waals surface area contributed by atoms with Crippen LogP contribution in [-0.4, -0.2) is 43.7 Å². The van der Waals surface area contributed by atoms with Gasteiger partial charge in [0.05, 0.1) is 6.54 Å². The number of nitrogens with zero attached hydrogens (tertiary/aromatic N) is 1. The summed E-state index contributed by atoms with van der Waals surface area (Å²) in [4.78, 5) is 24.8. The molecule has 1 aliphatic heterocycles.